The molecular formula is C18H28N2O3. The maximum absolute atomic E-state index is 11.7. The summed E-state index contributed by atoms with van der Waals surface area (Å²) in [5, 5.41) is 9.80. The zero-order valence-electron chi connectivity index (χ0n) is 14.6. The molecule has 1 aromatic rings. The van der Waals surface area contributed by atoms with Gasteiger partial charge in [0.2, 0.25) is 0 Å². The molecule has 0 saturated carbocycles. The van der Waals surface area contributed by atoms with Gasteiger partial charge in [-0.05, 0) is 38.0 Å². The van der Waals surface area contributed by atoms with Crippen molar-refractivity contribution in [2.24, 2.45) is 0 Å². The van der Waals surface area contributed by atoms with E-state index in [1.807, 2.05) is 6.07 Å². The van der Waals surface area contributed by atoms with Gasteiger partial charge in [0.1, 0.15) is 11.3 Å². The fraction of sp³-hybridized carbons (Fsp3) is 0.611. The van der Waals surface area contributed by atoms with Crippen molar-refractivity contribution in [3.63, 3.8) is 0 Å². The molecule has 0 spiro atoms. The highest BCUT2D eigenvalue weighted by Crippen LogP contribution is 2.22. The van der Waals surface area contributed by atoms with Crippen LogP contribution in [0.4, 0.5) is 0 Å². The summed E-state index contributed by atoms with van der Waals surface area (Å²) in [4.78, 5) is 16.7. The number of nitrogens with zero attached hydrogens (tertiary/aromatic N) is 2. The number of carbonyl (C=O) groups excluding carboxylic acids is 1. The second kappa shape index (κ2) is 7.79. The van der Waals surface area contributed by atoms with Gasteiger partial charge in [-0.1, -0.05) is 13.0 Å². The van der Waals surface area contributed by atoms with Crippen molar-refractivity contribution in [3.8, 4) is 5.75 Å². The first-order valence-electron chi connectivity index (χ1n) is 8.34. The molecule has 1 aliphatic rings. The van der Waals surface area contributed by atoms with Gasteiger partial charge in [-0.2, -0.15) is 0 Å². The molecule has 5 nitrogen and oxygen atoms in total. The summed E-state index contributed by atoms with van der Waals surface area (Å²) in [6.07, 6.45) is 1.14. The molecule has 23 heavy (non-hydrogen) atoms. The molecule has 1 fully saturated rings. The third-order valence-electron chi connectivity index (χ3n) is 4.62. The highest BCUT2D eigenvalue weighted by atomic mass is 16.5. The number of esters is 1. The Morgan fingerprint density at radius 3 is 2.74 bits per heavy atom. The summed E-state index contributed by atoms with van der Waals surface area (Å²) >= 11 is 0. The van der Waals surface area contributed by atoms with Crippen molar-refractivity contribution in [3.05, 3.63) is 29.3 Å². The second-order valence-corrected chi connectivity index (χ2v) is 6.47. The van der Waals surface area contributed by atoms with Gasteiger partial charge in [0, 0.05) is 38.3 Å². The maximum atomic E-state index is 11.7. The van der Waals surface area contributed by atoms with Crippen LogP contribution < -0.4 is 0 Å². The number of piperazine rings is 1. The van der Waals surface area contributed by atoms with E-state index in [4.69, 9.17) is 4.74 Å². The summed E-state index contributed by atoms with van der Waals surface area (Å²) in [6.45, 7) is 10.6. The van der Waals surface area contributed by atoms with Crippen molar-refractivity contribution in [1.82, 2.24) is 9.80 Å². The molecular weight excluding hydrogens is 292 g/mol. The van der Waals surface area contributed by atoms with E-state index in [2.05, 4.69) is 30.6 Å². The molecule has 2 rings (SSSR count). The molecule has 1 N–H and O–H groups in total. The molecule has 1 aliphatic heterocycles. The van der Waals surface area contributed by atoms with Gasteiger partial charge < -0.3 is 9.84 Å². The van der Waals surface area contributed by atoms with Gasteiger partial charge in [0.15, 0.2) is 0 Å². The quantitative estimate of drug-likeness (QED) is 0.845. The lowest BCUT2D eigenvalue weighted by Gasteiger charge is -2.43. The van der Waals surface area contributed by atoms with E-state index in [1.54, 1.807) is 12.1 Å². The summed E-state index contributed by atoms with van der Waals surface area (Å²) in [6, 6.07) is 6.32. The number of methoxy groups -OCH3 is 1. The predicted molar refractivity (Wildman–Crippen MR) is 90.6 cm³/mol. The van der Waals surface area contributed by atoms with Crippen LogP contribution >= 0.6 is 0 Å². The van der Waals surface area contributed by atoms with Gasteiger partial charge in [0.25, 0.3) is 0 Å². The van der Waals surface area contributed by atoms with Crippen molar-refractivity contribution >= 4 is 5.97 Å². The number of phenolic OH excluding ortho intramolecular Hbond substituents is 1. The molecule has 1 unspecified atom stereocenters. The molecule has 0 bridgehead atoms. The fourth-order valence-corrected chi connectivity index (χ4v) is 3.33. The van der Waals surface area contributed by atoms with E-state index in [1.165, 1.54) is 7.11 Å². The lowest BCUT2D eigenvalue weighted by molar-refractivity contribution is 0.0455. The highest BCUT2D eigenvalue weighted by molar-refractivity contribution is 5.92. The van der Waals surface area contributed by atoms with Gasteiger partial charge in [-0.3, -0.25) is 9.80 Å². The first kappa shape index (κ1) is 17.8. The molecule has 1 aromatic carbocycles. The Balaban J connectivity index is 2.07. The molecule has 1 heterocycles. The number of hydrogen-bond donors (Lipinski definition) is 1. The third-order valence-corrected chi connectivity index (χ3v) is 4.62. The highest BCUT2D eigenvalue weighted by Gasteiger charge is 2.27. The zero-order valence-corrected chi connectivity index (χ0v) is 14.6. The van der Waals surface area contributed by atoms with E-state index in [0.29, 0.717) is 12.1 Å². The summed E-state index contributed by atoms with van der Waals surface area (Å²) in [7, 11) is 1.32. The minimum Gasteiger partial charge on any atom is -0.507 e. The van der Waals surface area contributed by atoms with Crippen molar-refractivity contribution in [1.29, 1.82) is 0 Å². The minimum atomic E-state index is -0.500. The molecule has 1 saturated heterocycles. The Morgan fingerprint density at radius 1 is 1.39 bits per heavy atom. The van der Waals surface area contributed by atoms with Gasteiger partial charge in [-0.25, -0.2) is 4.79 Å². The van der Waals surface area contributed by atoms with Gasteiger partial charge in [0.05, 0.1) is 7.11 Å². The van der Waals surface area contributed by atoms with E-state index >= 15 is 0 Å². The fourth-order valence-electron chi connectivity index (χ4n) is 3.33. The van der Waals surface area contributed by atoms with E-state index in [9.17, 15) is 9.90 Å². The van der Waals surface area contributed by atoms with Crippen LogP contribution in [0.2, 0.25) is 0 Å². The molecule has 0 radical (unpaired) electrons. The van der Waals surface area contributed by atoms with Crippen molar-refractivity contribution in [2.75, 3.05) is 26.7 Å². The average molecular weight is 320 g/mol. The minimum absolute atomic E-state index is 0.0309. The Morgan fingerprint density at radius 2 is 2.13 bits per heavy atom. The first-order valence-corrected chi connectivity index (χ1v) is 8.34. The monoisotopic (exact) mass is 320 g/mol. The smallest absolute Gasteiger partial charge is 0.341 e. The van der Waals surface area contributed by atoms with E-state index in [-0.39, 0.29) is 11.3 Å². The maximum Gasteiger partial charge on any atom is 0.341 e. The van der Waals surface area contributed by atoms with E-state index < -0.39 is 5.97 Å². The number of ether oxygens (including phenoxy) is 1. The first-order chi connectivity index (χ1) is 11.0. The van der Waals surface area contributed by atoms with Crippen molar-refractivity contribution in [2.45, 2.75) is 45.8 Å². The Kier molecular flexibility index (Phi) is 6.02. The van der Waals surface area contributed by atoms with Crippen LogP contribution in [0.1, 0.15) is 43.1 Å². The topological polar surface area (TPSA) is 53.0 Å². The lowest BCUT2D eigenvalue weighted by atomic mass is 10.0. The Hall–Kier alpha value is -1.59. The van der Waals surface area contributed by atoms with Crippen LogP contribution in [0.5, 0.6) is 5.75 Å². The van der Waals surface area contributed by atoms with Crippen LogP contribution in [-0.4, -0.2) is 59.7 Å². The molecule has 0 aromatic heterocycles. The number of aromatic hydroxyl groups is 1. The summed E-state index contributed by atoms with van der Waals surface area (Å²) < 4.78 is 4.72. The zero-order chi connectivity index (χ0) is 17.0. The normalized spacial score (nSPS) is 20.0. The third kappa shape index (κ3) is 4.24. The van der Waals surface area contributed by atoms with Gasteiger partial charge in [-0.15, -0.1) is 0 Å². The number of rotatable bonds is 5. The van der Waals surface area contributed by atoms with Crippen LogP contribution in [0.3, 0.4) is 0 Å². The number of benzene rings is 1. The summed E-state index contributed by atoms with van der Waals surface area (Å²) in [5.74, 6) is -0.530. The standard InChI is InChI=1S/C18H28N2O3/c1-5-15-12-19(8-9-20(15)13(2)3)11-14-6-7-17(21)16(10-14)18(22)23-4/h6-7,10,13,15,21H,5,8-9,11-12H2,1-4H3. The van der Waals surface area contributed by atoms with Gasteiger partial charge >= 0.3 is 5.97 Å². The SMILES string of the molecule is CCC1CN(Cc2ccc(O)c(C(=O)OC)c2)CCN1C(C)C. The van der Waals surface area contributed by atoms with Crippen LogP contribution in [0, 0.1) is 0 Å². The largest absolute Gasteiger partial charge is 0.507 e. The molecule has 0 amide bonds. The second-order valence-electron chi connectivity index (χ2n) is 6.47. The summed E-state index contributed by atoms with van der Waals surface area (Å²) in [5.41, 5.74) is 1.26. The number of carbonyl (C=O) groups is 1. The number of phenols is 1. The Bertz CT molecular complexity index is 545. The van der Waals surface area contributed by atoms with Crippen LogP contribution in [0.25, 0.3) is 0 Å². The molecule has 0 aliphatic carbocycles. The average Bonchev–Trinajstić information content (AvgIpc) is 2.55. The van der Waals surface area contributed by atoms with Crippen LogP contribution in [-0.2, 0) is 11.3 Å². The Labute approximate surface area is 138 Å². The van der Waals surface area contributed by atoms with E-state index in [0.717, 1.165) is 38.2 Å². The predicted octanol–water partition coefficient (Wildman–Crippen LogP) is 2.48. The van der Waals surface area contributed by atoms with Crippen LogP contribution in [0.15, 0.2) is 18.2 Å². The lowest BCUT2D eigenvalue weighted by Crippen LogP contribution is -2.54. The molecule has 128 valence electrons. The number of hydrogen-bond acceptors (Lipinski definition) is 5. The molecule has 5 heteroatoms. The van der Waals surface area contributed by atoms with Crippen molar-refractivity contribution < 1.29 is 14.6 Å². The molecule has 1 atom stereocenters.